The lowest BCUT2D eigenvalue weighted by molar-refractivity contribution is -0.0803. The molecule has 0 fully saturated rings. The molecule has 4 nitrogen and oxygen atoms in total. The van der Waals surface area contributed by atoms with Gasteiger partial charge in [0, 0.05) is 0 Å². The summed E-state index contributed by atoms with van der Waals surface area (Å²) in [6, 6.07) is 0. The molecule has 2 atom stereocenters. The van der Waals surface area contributed by atoms with Crippen LogP contribution in [0, 0.1) is 16.7 Å². The van der Waals surface area contributed by atoms with Gasteiger partial charge in [0.25, 0.3) is 0 Å². The topological polar surface area (TPSA) is 58.9 Å². The smallest absolute Gasteiger partial charge is 0.0701 e. The summed E-state index contributed by atoms with van der Waals surface area (Å²) in [5.74, 6) is 0.421. The Labute approximate surface area is 130 Å². The maximum atomic E-state index is 9.04. The molecule has 2 unspecified atom stereocenters. The van der Waals surface area contributed by atoms with E-state index in [9.17, 15) is 0 Å². The van der Waals surface area contributed by atoms with Crippen LogP contribution in [-0.4, -0.2) is 49.4 Å². The average molecular weight is 304 g/mol. The van der Waals surface area contributed by atoms with Gasteiger partial charge in [-0.1, -0.05) is 48.0 Å². The van der Waals surface area contributed by atoms with E-state index in [4.69, 9.17) is 19.7 Å². The van der Waals surface area contributed by atoms with Crippen LogP contribution in [-0.2, 0) is 9.47 Å². The second-order valence-electron chi connectivity index (χ2n) is 7.69. The third-order valence-corrected chi connectivity index (χ3v) is 3.74. The van der Waals surface area contributed by atoms with E-state index in [0.717, 1.165) is 12.8 Å². The Morgan fingerprint density at radius 1 is 0.952 bits per heavy atom. The zero-order valence-corrected chi connectivity index (χ0v) is 14.8. The fraction of sp³-hybridized carbons (Fsp3) is 1.00. The minimum Gasteiger partial charge on any atom is -0.394 e. The van der Waals surface area contributed by atoms with Crippen molar-refractivity contribution in [3.8, 4) is 0 Å². The molecule has 0 rings (SSSR count). The molecule has 0 amide bonds. The van der Waals surface area contributed by atoms with Gasteiger partial charge in [0.1, 0.15) is 0 Å². The van der Waals surface area contributed by atoms with Crippen molar-refractivity contribution < 1.29 is 19.7 Å². The van der Waals surface area contributed by atoms with Gasteiger partial charge in [-0.25, -0.2) is 0 Å². The lowest BCUT2D eigenvalue weighted by atomic mass is 9.73. The molecule has 0 radical (unpaired) electrons. The van der Waals surface area contributed by atoms with Gasteiger partial charge in [-0.05, 0) is 23.2 Å². The highest BCUT2D eigenvalue weighted by molar-refractivity contribution is 4.85. The molecule has 128 valence electrons. The maximum absolute atomic E-state index is 9.04. The molecule has 2 N–H and O–H groups in total. The largest absolute Gasteiger partial charge is 0.394 e. The van der Waals surface area contributed by atoms with E-state index in [1.54, 1.807) is 0 Å². The average Bonchev–Trinajstić information content (AvgIpc) is 2.36. The Kier molecular flexibility index (Phi) is 9.70. The number of hydrogen-bond donors (Lipinski definition) is 2. The molecule has 0 aliphatic carbocycles. The number of hydrogen-bond acceptors (Lipinski definition) is 4. The van der Waals surface area contributed by atoms with Crippen molar-refractivity contribution in [2.45, 2.75) is 60.5 Å². The molecule has 0 aliphatic rings. The lowest BCUT2D eigenvalue weighted by Crippen LogP contribution is -2.40. The van der Waals surface area contributed by atoms with Crippen molar-refractivity contribution >= 4 is 0 Å². The van der Waals surface area contributed by atoms with E-state index in [0.29, 0.717) is 25.7 Å². The maximum Gasteiger partial charge on any atom is 0.0701 e. The lowest BCUT2D eigenvalue weighted by Gasteiger charge is -2.40. The summed E-state index contributed by atoms with van der Waals surface area (Å²) in [5.41, 5.74) is 0.0831. The van der Waals surface area contributed by atoms with Crippen LogP contribution in [0.3, 0.4) is 0 Å². The molecule has 0 aromatic rings. The van der Waals surface area contributed by atoms with Crippen molar-refractivity contribution in [1.82, 2.24) is 0 Å². The van der Waals surface area contributed by atoms with E-state index >= 15 is 0 Å². The fourth-order valence-corrected chi connectivity index (χ4v) is 2.92. The summed E-state index contributed by atoms with van der Waals surface area (Å²) in [7, 11) is 0. The van der Waals surface area contributed by atoms with Crippen molar-refractivity contribution in [3.63, 3.8) is 0 Å². The normalized spacial score (nSPS) is 16.0. The third-order valence-electron chi connectivity index (χ3n) is 3.74. The Morgan fingerprint density at radius 3 is 1.95 bits per heavy atom. The molecule has 0 aliphatic heterocycles. The van der Waals surface area contributed by atoms with Crippen LogP contribution in [0.25, 0.3) is 0 Å². The van der Waals surface area contributed by atoms with Gasteiger partial charge in [0.05, 0.1) is 39.1 Å². The second kappa shape index (κ2) is 9.78. The van der Waals surface area contributed by atoms with Gasteiger partial charge in [-0.3, -0.25) is 0 Å². The minimum absolute atomic E-state index is 0.0396. The van der Waals surface area contributed by atoms with E-state index in [1.165, 1.54) is 0 Å². The molecular weight excluding hydrogens is 268 g/mol. The first kappa shape index (κ1) is 20.8. The number of ether oxygens (including phenoxy) is 2. The standard InChI is InChI=1S/C17H36O4/c1-7-14(12-17(5,6)13-20-10-8-18)15(16(2,3)4)21-11-9-19/h14-15,18-19H,7-13H2,1-6H3. The SMILES string of the molecule is CCC(CC(C)(C)COCCO)C(OCCO)C(C)(C)C. The van der Waals surface area contributed by atoms with Crippen LogP contribution in [0.2, 0.25) is 0 Å². The van der Waals surface area contributed by atoms with Crippen LogP contribution in [0.1, 0.15) is 54.4 Å². The van der Waals surface area contributed by atoms with Gasteiger partial charge >= 0.3 is 0 Å². The van der Waals surface area contributed by atoms with Crippen molar-refractivity contribution in [1.29, 1.82) is 0 Å². The van der Waals surface area contributed by atoms with Gasteiger partial charge < -0.3 is 19.7 Å². The number of aliphatic hydroxyl groups excluding tert-OH is 2. The Balaban J connectivity index is 4.75. The van der Waals surface area contributed by atoms with Crippen LogP contribution in [0.15, 0.2) is 0 Å². The second-order valence-corrected chi connectivity index (χ2v) is 7.69. The molecule has 21 heavy (non-hydrogen) atoms. The van der Waals surface area contributed by atoms with E-state index in [1.807, 2.05) is 0 Å². The van der Waals surface area contributed by atoms with Crippen LogP contribution in [0.5, 0.6) is 0 Å². The molecule has 0 spiro atoms. The summed E-state index contributed by atoms with van der Waals surface area (Å²) in [6.45, 7) is 14.7. The minimum atomic E-state index is 0.0396. The van der Waals surface area contributed by atoms with Gasteiger partial charge in [-0.15, -0.1) is 0 Å². The van der Waals surface area contributed by atoms with Crippen molar-refractivity contribution in [2.24, 2.45) is 16.7 Å². The Hall–Kier alpha value is -0.160. The third kappa shape index (κ3) is 8.77. The van der Waals surface area contributed by atoms with Crippen LogP contribution >= 0.6 is 0 Å². The first-order chi connectivity index (χ1) is 9.68. The summed E-state index contributed by atoms with van der Waals surface area (Å²) in [4.78, 5) is 0. The molecular formula is C17H36O4. The van der Waals surface area contributed by atoms with Gasteiger partial charge in [0.15, 0.2) is 0 Å². The van der Waals surface area contributed by atoms with E-state index in [2.05, 4.69) is 41.5 Å². The van der Waals surface area contributed by atoms with Gasteiger partial charge in [0.2, 0.25) is 0 Å². The molecule has 0 heterocycles. The number of aliphatic hydroxyl groups is 2. The Bertz CT molecular complexity index is 258. The molecule has 0 saturated heterocycles. The van der Waals surface area contributed by atoms with Crippen molar-refractivity contribution in [3.05, 3.63) is 0 Å². The summed E-state index contributed by atoms with van der Waals surface area (Å²) in [5, 5.41) is 17.9. The molecule has 0 bridgehead atoms. The van der Waals surface area contributed by atoms with Crippen LogP contribution in [0.4, 0.5) is 0 Å². The predicted molar refractivity (Wildman–Crippen MR) is 86.4 cm³/mol. The summed E-state index contributed by atoms with van der Waals surface area (Å²) < 4.78 is 11.5. The zero-order chi connectivity index (χ0) is 16.5. The Morgan fingerprint density at radius 2 is 1.52 bits per heavy atom. The zero-order valence-electron chi connectivity index (χ0n) is 14.8. The summed E-state index contributed by atoms with van der Waals surface area (Å²) >= 11 is 0. The van der Waals surface area contributed by atoms with E-state index < -0.39 is 0 Å². The molecule has 0 aromatic heterocycles. The fourth-order valence-electron chi connectivity index (χ4n) is 2.92. The van der Waals surface area contributed by atoms with E-state index in [-0.39, 0.29) is 30.1 Å². The summed E-state index contributed by atoms with van der Waals surface area (Å²) in [6.07, 6.45) is 2.16. The highest BCUT2D eigenvalue weighted by Gasteiger charge is 2.35. The van der Waals surface area contributed by atoms with Crippen molar-refractivity contribution in [2.75, 3.05) is 33.0 Å². The predicted octanol–water partition coefficient (Wildman–Crippen LogP) is 2.86. The highest BCUT2D eigenvalue weighted by Crippen LogP contribution is 2.37. The van der Waals surface area contributed by atoms with Gasteiger partial charge in [-0.2, -0.15) is 0 Å². The molecule has 0 saturated carbocycles. The quantitative estimate of drug-likeness (QED) is 0.576. The molecule has 4 heteroatoms. The monoisotopic (exact) mass is 304 g/mol. The first-order valence-corrected chi connectivity index (χ1v) is 8.09. The first-order valence-electron chi connectivity index (χ1n) is 8.09. The van der Waals surface area contributed by atoms with Crippen LogP contribution < -0.4 is 0 Å². The molecule has 0 aromatic carbocycles. The number of rotatable bonds is 11. The highest BCUT2D eigenvalue weighted by atomic mass is 16.5.